The van der Waals surface area contributed by atoms with Crippen LogP contribution in [0.1, 0.15) is 5.56 Å². The van der Waals surface area contributed by atoms with Gasteiger partial charge in [0.15, 0.2) is 5.82 Å². The molecule has 1 aromatic heterocycles. The van der Waals surface area contributed by atoms with Gasteiger partial charge >= 0.3 is 0 Å². The Labute approximate surface area is 77.5 Å². The number of halogens is 1. The Bertz CT molecular complexity index is 273. The van der Waals surface area contributed by atoms with Gasteiger partial charge in [-0.3, -0.25) is 4.84 Å². The van der Waals surface area contributed by atoms with E-state index in [1.54, 1.807) is 6.20 Å². The molecule has 0 aliphatic rings. The minimum absolute atomic E-state index is 0.696. The lowest BCUT2D eigenvalue weighted by atomic mass is 10.2. The number of nitrogens with one attached hydrogen (secondary N) is 1. The summed E-state index contributed by atoms with van der Waals surface area (Å²) >= 11 is 5.51. The molecule has 0 unspecified atom stereocenters. The van der Waals surface area contributed by atoms with Gasteiger partial charge in [-0.15, -0.1) is 0 Å². The van der Waals surface area contributed by atoms with E-state index in [0.717, 1.165) is 11.3 Å². The van der Waals surface area contributed by atoms with Gasteiger partial charge < -0.3 is 4.90 Å². The van der Waals surface area contributed by atoms with Gasteiger partial charge in [0.2, 0.25) is 0 Å². The average molecular weight is 186 g/mol. The van der Waals surface area contributed by atoms with Crippen molar-refractivity contribution in [3.05, 3.63) is 17.8 Å². The maximum atomic E-state index is 5.51. The van der Waals surface area contributed by atoms with E-state index in [-0.39, 0.29) is 0 Å². The summed E-state index contributed by atoms with van der Waals surface area (Å²) in [6.45, 7) is 2.02. The summed E-state index contributed by atoms with van der Waals surface area (Å²) in [4.78, 5) is 8.61. The highest BCUT2D eigenvalue weighted by atomic mass is 35.5. The highest BCUT2D eigenvalue weighted by molar-refractivity contribution is 6.24. The molecular formula is C8H12ClN3. The lowest BCUT2D eigenvalue weighted by molar-refractivity contribution is 1.10. The molecular weight excluding hydrogens is 174 g/mol. The van der Waals surface area contributed by atoms with Gasteiger partial charge in [0.05, 0.1) is 5.69 Å². The Balaban J connectivity index is 3.20. The maximum absolute atomic E-state index is 5.51. The van der Waals surface area contributed by atoms with Crippen molar-refractivity contribution in [2.75, 3.05) is 23.8 Å². The molecule has 0 saturated heterocycles. The molecule has 66 valence electrons. The highest BCUT2D eigenvalue weighted by Gasteiger charge is 2.06. The van der Waals surface area contributed by atoms with Gasteiger partial charge in [-0.05, 0) is 18.6 Å². The van der Waals surface area contributed by atoms with Crippen LogP contribution in [0.15, 0.2) is 12.3 Å². The minimum atomic E-state index is 0.696. The SMILES string of the molecule is Cc1ccnc(NCl)c1N(C)C. The van der Waals surface area contributed by atoms with Crippen molar-refractivity contribution in [2.24, 2.45) is 0 Å². The zero-order valence-corrected chi connectivity index (χ0v) is 8.18. The molecule has 0 aromatic carbocycles. The summed E-state index contributed by atoms with van der Waals surface area (Å²) in [6, 6.07) is 1.95. The van der Waals surface area contributed by atoms with Crippen molar-refractivity contribution in [2.45, 2.75) is 6.92 Å². The van der Waals surface area contributed by atoms with Crippen LogP contribution < -0.4 is 9.74 Å². The largest absolute Gasteiger partial charge is 0.374 e. The van der Waals surface area contributed by atoms with Crippen LogP contribution in [0, 0.1) is 6.92 Å². The molecule has 0 saturated carbocycles. The number of aryl methyl sites for hydroxylation is 1. The molecule has 0 amide bonds. The van der Waals surface area contributed by atoms with Crippen molar-refractivity contribution in [3.63, 3.8) is 0 Å². The molecule has 0 atom stereocenters. The second-order valence-corrected chi connectivity index (χ2v) is 3.00. The minimum Gasteiger partial charge on any atom is -0.374 e. The molecule has 1 heterocycles. The topological polar surface area (TPSA) is 28.2 Å². The first-order valence-corrected chi connectivity index (χ1v) is 4.04. The third-order valence-electron chi connectivity index (χ3n) is 1.66. The average Bonchev–Trinajstić information content (AvgIpc) is 2.03. The fourth-order valence-corrected chi connectivity index (χ4v) is 1.32. The molecule has 0 bridgehead atoms. The van der Waals surface area contributed by atoms with Crippen molar-refractivity contribution in [1.29, 1.82) is 0 Å². The normalized spacial score (nSPS) is 9.67. The molecule has 0 fully saturated rings. The molecule has 4 heteroatoms. The molecule has 1 N–H and O–H groups in total. The summed E-state index contributed by atoms with van der Waals surface area (Å²) in [7, 11) is 3.92. The van der Waals surface area contributed by atoms with Crippen LogP contribution in [-0.2, 0) is 0 Å². The Morgan fingerprint density at radius 3 is 2.58 bits per heavy atom. The third kappa shape index (κ3) is 1.61. The summed E-state index contributed by atoms with van der Waals surface area (Å²) in [5.41, 5.74) is 2.17. The first kappa shape index (κ1) is 9.13. The van der Waals surface area contributed by atoms with Gasteiger partial charge in [-0.2, -0.15) is 0 Å². The number of rotatable bonds is 2. The van der Waals surface area contributed by atoms with Crippen LogP contribution in [0.25, 0.3) is 0 Å². The summed E-state index contributed by atoms with van der Waals surface area (Å²) in [6.07, 6.45) is 1.73. The summed E-state index contributed by atoms with van der Waals surface area (Å²) < 4.78 is 0. The molecule has 0 aliphatic heterocycles. The maximum Gasteiger partial charge on any atom is 0.164 e. The Hall–Kier alpha value is -0.960. The molecule has 3 nitrogen and oxygen atoms in total. The number of nitrogens with zero attached hydrogens (tertiary/aromatic N) is 2. The zero-order valence-electron chi connectivity index (χ0n) is 7.43. The monoisotopic (exact) mass is 185 g/mol. The number of pyridine rings is 1. The molecule has 1 aromatic rings. The van der Waals surface area contributed by atoms with Gasteiger partial charge in [-0.25, -0.2) is 4.98 Å². The van der Waals surface area contributed by atoms with Gasteiger partial charge in [0.25, 0.3) is 0 Å². The van der Waals surface area contributed by atoms with Crippen molar-refractivity contribution in [1.82, 2.24) is 4.98 Å². The van der Waals surface area contributed by atoms with Crippen molar-refractivity contribution < 1.29 is 0 Å². The predicted octanol–water partition coefficient (Wildman–Crippen LogP) is 2.02. The van der Waals surface area contributed by atoms with Crippen LogP contribution in [0.5, 0.6) is 0 Å². The van der Waals surface area contributed by atoms with Gasteiger partial charge in [0, 0.05) is 32.1 Å². The van der Waals surface area contributed by atoms with E-state index in [1.165, 1.54) is 0 Å². The van der Waals surface area contributed by atoms with E-state index in [2.05, 4.69) is 9.82 Å². The molecule has 0 radical (unpaired) electrons. The highest BCUT2D eigenvalue weighted by Crippen LogP contribution is 2.25. The van der Waals surface area contributed by atoms with Gasteiger partial charge in [-0.1, -0.05) is 0 Å². The van der Waals surface area contributed by atoms with E-state index in [0.29, 0.717) is 5.82 Å². The third-order valence-corrected chi connectivity index (χ3v) is 1.84. The van der Waals surface area contributed by atoms with Crippen LogP contribution in [0.4, 0.5) is 11.5 Å². The number of hydrogen-bond donors (Lipinski definition) is 1. The fraction of sp³-hybridized carbons (Fsp3) is 0.375. The molecule has 12 heavy (non-hydrogen) atoms. The van der Waals surface area contributed by atoms with E-state index in [1.807, 2.05) is 32.0 Å². The molecule has 0 aliphatic carbocycles. The van der Waals surface area contributed by atoms with E-state index < -0.39 is 0 Å². The van der Waals surface area contributed by atoms with Crippen molar-refractivity contribution in [3.8, 4) is 0 Å². The van der Waals surface area contributed by atoms with Crippen LogP contribution in [-0.4, -0.2) is 19.1 Å². The second kappa shape index (κ2) is 3.63. The molecule has 1 rings (SSSR count). The molecule has 0 spiro atoms. The fourth-order valence-electron chi connectivity index (χ4n) is 1.18. The smallest absolute Gasteiger partial charge is 0.164 e. The zero-order chi connectivity index (χ0) is 9.14. The first-order chi connectivity index (χ1) is 5.66. The first-order valence-electron chi connectivity index (χ1n) is 3.66. The van der Waals surface area contributed by atoms with E-state index in [4.69, 9.17) is 11.8 Å². The standard InChI is InChI=1S/C8H12ClN3/c1-6-4-5-10-8(11-9)7(6)12(2)3/h4-5H,1-3H3,(H,10,11). The van der Waals surface area contributed by atoms with Crippen LogP contribution in [0.3, 0.4) is 0 Å². The van der Waals surface area contributed by atoms with Crippen molar-refractivity contribution >= 4 is 23.3 Å². The van der Waals surface area contributed by atoms with E-state index in [9.17, 15) is 0 Å². The quantitative estimate of drug-likeness (QED) is 0.715. The summed E-state index contributed by atoms with van der Waals surface area (Å²) in [5, 5.41) is 0. The summed E-state index contributed by atoms with van der Waals surface area (Å²) in [5.74, 6) is 0.696. The lowest BCUT2D eigenvalue weighted by Gasteiger charge is -2.17. The lowest BCUT2D eigenvalue weighted by Crippen LogP contribution is -2.12. The number of hydrogen-bond acceptors (Lipinski definition) is 3. The van der Waals surface area contributed by atoms with E-state index >= 15 is 0 Å². The predicted molar refractivity (Wildman–Crippen MR) is 52.8 cm³/mol. The van der Waals surface area contributed by atoms with Crippen LogP contribution in [0.2, 0.25) is 0 Å². The van der Waals surface area contributed by atoms with Crippen LogP contribution >= 0.6 is 11.8 Å². The number of anilines is 2. The van der Waals surface area contributed by atoms with Gasteiger partial charge in [0.1, 0.15) is 0 Å². The Morgan fingerprint density at radius 2 is 2.17 bits per heavy atom. The number of aromatic nitrogens is 1. The second-order valence-electron chi connectivity index (χ2n) is 2.81. The Kier molecular flexibility index (Phi) is 2.76. The Morgan fingerprint density at radius 1 is 1.50 bits per heavy atom.